The highest BCUT2D eigenvalue weighted by Crippen LogP contribution is 2.36. The van der Waals surface area contributed by atoms with Gasteiger partial charge in [-0.25, -0.2) is 4.98 Å². The second kappa shape index (κ2) is 11.2. The molecule has 0 spiro atoms. The molecule has 4 rings (SSSR count). The van der Waals surface area contributed by atoms with E-state index in [-0.39, 0.29) is 29.5 Å². The second-order valence-electron chi connectivity index (χ2n) is 8.15. The van der Waals surface area contributed by atoms with Crippen molar-refractivity contribution in [3.8, 4) is 5.75 Å². The van der Waals surface area contributed by atoms with E-state index < -0.39 is 42.4 Å². The molecule has 1 aliphatic rings. The molecule has 2 N–H and O–H groups in total. The summed E-state index contributed by atoms with van der Waals surface area (Å²) in [5.74, 6) is -1.25. The fourth-order valence-corrected chi connectivity index (χ4v) is 3.83. The monoisotopic (exact) mass is 527 g/mol. The van der Waals surface area contributed by atoms with Crippen molar-refractivity contribution in [3.05, 3.63) is 30.6 Å². The van der Waals surface area contributed by atoms with E-state index >= 15 is 0 Å². The number of nitrogen functional groups attached to an aromatic ring is 1. The van der Waals surface area contributed by atoms with E-state index in [0.717, 1.165) is 0 Å². The predicted octanol–water partition coefficient (Wildman–Crippen LogP) is 2.16. The Labute approximate surface area is 215 Å². The number of hydrogen-bond donors (Lipinski definition) is 1. The molecule has 3 aromatic rings. The first-order valence-corrected chi connectivity index (χ1v) is 11.4. The highest BCUT2D eigenvalue weighted by atomic mass is 16.7. The normalized spacial score (nSPS) is 20.9. The Balaban J connectivity index is 1.71. The van der Waals surface area contributed by atoms with Crippen molar-refractivity contribution in [1.82, 2.24) is 19.5 Å². The molecule has 15 heteroatoms. The largest absolute Gasteiger partial charge is 0.497 e. The summed E-state index contributed by atoms with van der Waals surface area (Å²) >= 11 is 0. The van der Waals surface area contributed by atoms with Crippen LogP contribution in [0.15, 0.2) is 40.8 Å². The van der Waals surface area contributed by atoms with Crippen LogP contribution in [0.2, 0.25) is 0 Å². The molecule has 1 saturated heterocycles. The zero-order chi connectivity index (χ0) is 27.4. The van der Waals surface area contributed by atoms with Crippen LogP contribution in [0.25, 0.3) is 11.2 Å². The molecule has 200 valence electrons. The molecule has 38 heavy (non-hydrogen) atoms. The molecule has 0 radical (unpaired) electrons. The molecular weight excluding hydrogens is 502 g/mol. The number of imidazole rings is 1. The maximum absolute atomic E-state index is 11.9. The van der Waals surface area contributed by atoms with E-state index in [1.54, 1.807) is 31.4 Å². The molecule has 4 atom stereocenters. The summed E-state index contributed by atoms with van der Waals surface area (Å²) < 4.78 is 28.6. The lowest BCUT2D eigenvalue weighted by molar-refractivity contribution is -0.166. The number of fused-ring (bicyclic) bond motifs is 1. The average molecular weight is 527 g/mol. The zero-order valence-electron chi connectivity index (χ0n) is 20.9. The predicted molar refractivity (Wildman–Crippen MR) is 129 cm³/mol. The lowest BCUT2D eigenvalue weighted by Crippen LogP contribution is -2.40. The number of carbonyl (C=O) groups excluding carboxylic acids is 3. The highest BCUT2D eigenvalue weighted by molar-refractivity contribution is 5.82. The molecule has 1 aromatic carbocycles. The lowest BCUT2D eigenvalue weighted by atomic mass is 10.1. The Morgan fingerprint density at radius 3 is 2.32 bits per heavy atom. The van der Waals surface area contributed by atoms with Gasteiger partial charge in [-0.05, 0) is 24.3 Å². The van der Waals surface area contributed by atoms with E-state index in [9.17, 15) is 14.4 Å². The fraction of sp³-hybridized carbons (Fsp3) is 0.391. The van der Waals surface area contributed by atoms with Crippen LogP contribution in [0.1, 0.15) is 27.0 Å². The van der Waals surface area contributed by atoms with Gasteiger partial charge in [0.25, 0.3) is 5.95 Å². The molecule has 0 unspecified atom stereocenters. The number of carbonyl (C=O) groups is 3. The number of ether oxygens (including phenoxy) is 5. The molecular formula is C23H25N7O8. The van der Waals surface area contributed by atoms with Gasteiger partial charge in [-0.15, -0.1) is 10.2 Å². The van der Waals surface area contributed by atoms with Crippen LogP contribution >= 0.6 is 0 Å². The lowest BCUT2D eigenvalue weighted by Gasteiger charge is -2.23. The summed E-state index contributed by atoms with van der Waals surface area (Å²) in [5.41, 5.74) is 7.04. The topological polar surface area (TPSA) is 192 Å². The molecule has 0 amide bonds. The van der Waals surface area contributed by atoms with E-state index in [1.165, 1.54) is 31.7 Å². The van der Waals surface area contributed by atoms with Crippen molar-refractivity contribution in [2.45, 2.75) is 45.3 Å². The smallest absolute Gasteiger partial charge is 0.303 e. The van der Waals surface area contributed by atoms with Crippen molar-refractivity contribution in [3.63, 3.8) is 0 Å². The molecule has 0 aliphatic carbocycles. The summed E-state index contributed by atoms with van der Waals surface area (Å²) in [6, 6.07) is 6.84. The van der Waals surface area contributed by atoms with Crippen molar-refractivity contribution >= 4 is 46.5 Å². The fourth-order valence-electron chi connectivity index (χ4n) is 3.83. The third kappa shape index (κ3) is 5.83. The number of esters is 3. The van der Waals surface area contributed by atoms with Gasteiger partial charge in [0.1, 0.15) is 24.0 Å². The number of benzene rings is 1. The van der Waals surface area contributed by atoms with E-state index in [0.29, 0.717) is 11.4 Å². The van der Waals surface area contributed by atoms with Gasteiger partial charge in [0.15, 0.2) is 29.9 Å². The Morgan fingerprint density at radius 2 is 1.68 bits per heavy atom. The average Bonchev–Trinajstić information content (AvgIpc) is 3.43. The van der Waals surface area contributed by atoms with Crippen molar-refractivity contribution in [2.75, 3.05) is 19.5 Å². The van der Waals surface area contributed by atoms with Crippen LogP contribution in [0.4, 0.5) is 17.5 Å². The van der Waals surface area contributed by atoms with Gasteiger partial charge in [-0.1, -0.05) is 0 Å². The molecule has 1 fully saturated rings. The summed E-state index contributed by atoms with van der Waals surface area (Å²) in [6.45, 7) is 3.36. The zero-order valence-corrected chi connectivity index (χ0v) is 20.9. The van der Waals surface area contributed by atoms with Gasteiger partial charge < -0.3 is 29.4 Å². The number of anilines is 1. The van der Waals surface area contributed by atoms with Crippen molar-refractivity contribution in [1.29, 1.82) is 0 Å². The standard InChI is InChI=1S/C23H25N7O8/c1-11(31)35-9-16-18(36-12(2)32)19(37-13(3)33)22(38-16)30-10-25-17-20(24)26-23(27-21(17)30)29-28-14-5-7-15(34-4)8-6-14/h5-8,10,16,18-19,22H,9H2,1-4H3,(H2,24,26,27)/t16-,18-,19-,22-/m1/s1. The Hall–Kier alpha value is -4.66. The summed E-state index contributed by atoms with van der Waals surface area (Å²) in [4.78, 5) is 47.9. The molecule has 2 aromatic heterocycles. The number of nitrogens with zero attached hydrogens (tertiary/aromatic N) is 6. The Bertz CT molecular complexity index is 1370. The number of aromatic nitrogens is 4. The number of methoxy groups -OCH3 is 1. The van der Waals surface area contributed by atoms with Crippen molar-refractivity contribution < 1.29 is 38.1 Å². The van der Waals surface area contributed by atoms with E-state index in [2.05, 4.69) is 25.2 Å². The van der Waals surface area contributed by atoms with Gasteiger partial charge in [0.05, 0.1) is 19.1 Å². The quantitative estimate of drug-likeness (QED) is 0.255. The molecule has 0 bridgehead atoms. The van der Waals surface area contributed by atoms with Gasteiger partial charge in [0.2, 0.25) is 0 Å². The third-order valence-corrected chi connectivity index (χ3v) is 5.38. The van der Waals surface area contributed by atoms with Crippen LogP contribution in [-0.4, -0.2) is 69.5 Å². The second-order valence-corrected chi connectivity index (χ2v) is 8.15. The first kappa shape index (κ1) is 26.4. The van der Waals surface area contributed by atoms with Crippen LogP contribution in [0, 0.1) is 0 Å². The first-order chi connectivity index (χ1) is 18.2. The van der Waals surface area contributed by atoms with Gasteiger partial charge in [-0.2, -0.15) is 9.97 Å². The minimum absolute atomic E-state index is 0.0208. The van der Waals surface area contributed by atoms with Crippen LogP contribution in [0.5, 0.6) is 5.75 Å². The van der Waals surface area contributed by atoms with Crippen LogP contribution in [0.3, 0.4) is 0 Å². The SMILES string of the molecule is COc1ccc(N=Nc2nc(N)c3ncn([C@@H]4O[C@H](COC(C)=O)[C@@H](OC(C)=O)[C@H]4OC(C)=O)c3n2)cc1. The molecule has 15 nitrogen and oxygen atoms in total. The Kier molecular flexibility index (Phi) is 7.76. The summed E-state index contributed by atoms with van der Waals surface area (Å²) in [7, 11) is 1.55. The first-order valence-electron chi connectivity index (χ1n) is 11.4. The van der Waals surface area contributed by atoms with E-state index in [4.69, 9.17) is 29.4 Å². The molecule has 0 saturated carbocycles. The maximum Gasteiger partial charge on any atom is 0.303 e. The third-order valence-electron chi connectivity index (χ3n) is 5.38. The molecule has 3 heterocycles. The maximum atomic E-state index is 11.9. The minimum Gasteiger partial charge on any atom is -0.497 e. The number of hydrogen-bond acceptors (Lipinski definition) is 14. The minimum atomic E-state index is -1.13. The van der Waals surface area contributed by atoms with Gasteiger partial charge in [0, 0.05) is 20.8 Å². The van der Waals surface area contributed by atoms with Crippen LogP contribution < -0.4 is 10.5 Å². The van der Waals surface area contributed by atoms with Gasteiger partial charge >= 0.3 is 17.9 Å². The van der Waals surface area contributed by atoms with Gasteiger partial charge in [-0.3, -0.25) is 19.0 Å². The molecule has 1 aliphatic heterocycles. The van der Waals surface area contributed by atoms with E-state index in [1.807, 2.05) is 0 Å². The number of nitrogens with two attached hydrogens (primary N) is 1. The van der Waals surface area contributed by atoms with Crippen molar-refractivity contribution in [2.24, 2.45) is 10.2 Å². The number of rotatable bonds is 8. The Morgan fingerprint density at radius 1 is 1.00 bits per heavy atom. The highest BCUT2D eigenvalue weighted by Gasteiger charge is 2.51. The summed E-state index contributed by atoms with van der Waals surface area (Å²) in [6.07, 6.45) is -2.89. The number of azo groups is 1. The van der Waals surface area contributed by atoms with Crippen LogP contribution in [-0.2, 0) is 33.3 Å². The summed E-state index contributed by atoms with van der Waals surface area (Å²) in [5, 5.41) is 8.18.